The van der Waals surface area contributed by atoms with Crippen molar-refractivity contribution >= 4 is 23.6 Å². The highest BCUT2D eigenvalue weighted by Gasteiger charge is 2.32. The minimum Gasteiger partial charge on any atom is -0.347 e. The van der Waals surface area contributed by atoms with Gasteiger partial charge in [-0.1, -0.05) is 0 Å². The van der Waals surface area contributed by atoms with Crippen molar-refractivity contribution in [2.24, 2.45) is 0 Å². The summed E-state index contributed by atoms with van der Waals surface area (Å²) in [4.78, 5) is 27.0. The number of piperazine rings is 1. The Morgan fingerprint density at radius 2 is 2.19 bits per heavy atom. The Morgan fingerprint density at radius 1 is 1.50 bits per heavy atom. The van der Waals surface area contributed by atoms with Gasteiger partial charge in [-0.05, 0) is 6.26 Å². The van der Waals surface area contributed by atoms with Crippen LogP contribution in [0.5, 0.6) is 0 Å². The van der Waals surface area contributed by atoms with Crippen molar-refractivity contribution in [3.63, 3.8) is 0 Å². The highest BCUT2D eigenvalue weighted by molar-refractivity contribution is 7.99. The van der Waals surface area contributed by atoms with Crippen molar-refractivity contribution < 1.29 is 9.59 Å². The maximum absolute atomic E-state index is 11.9. The van der Waals surface area contributed by atoms with Crippen molar-refractivity contribution in [2.75, 3.05) is 45.7 Å². The quantitative estimate of drug-likeness (QED) is 0.710. The molecule has 1 unspecified atom stereocenters. The van der Waals surface area contributed by atoms with Crippen molar-refractivity contribution in [1.29, 1.82) is 0 Å². The van der Waals surface area contributed by atoms with E-state index in [1.807, 2.05) is 6.26 Å². The number of likely N-dealkylation sites (N-methyl/N-ethyl adjacent to an activating group) is 1. The van der Waals surface area contributed by atoms with Gasteiger partial charge in [-0.25, -0.2) is 0 Å². The summed E-state index contributed by atoms with van der Waals surface area (Å²) in [5.41, 5.74) is 0. The fraction of sp³-hybridized carbons (Fsp3) is 0.800. The molecule has 5 nitrogen and oxygen atoms in total. The highest BCUT2D eigenvalue weighted by Crippen LogP contribution is 2.08. The largest absolute Gasteiger partial charge is 0.347 e. The third-order valence-corrected chi connectivity index (χ3v) is 3.09. The van der Waals surface area contributed by atoms with Crippen LogP contribution < -0.4 is 5.32 Å². The van der Waals surface area contributed by atoms with Gasteiger partial charge in [-0.15, -0.1) is 0 Å². The van der Waals surface area contributed by atoms with Crippen molar-refractivity contribution in [1.82, 2.24) is 15.1 Å². The molecule has 0 radical (unpaired) electrons. The molecular formula is C10H19N3O2S. The van der Waals surface area contributed by atoms with Gasteiger partial charge in [0.05, 0.1) is 5.75 Å². The molecule has 1 heterocycles. The van der Waals surface area contributed by atoms with Gasteiger partial charge in [0.1, 0.15) is 6.04 Å². The molecule has 0 spiro atoms. The topological polar surface area (TPSA) is 52.7 Å². The summed E-state index contributed by atoms with van der Waals surface area (Å²) in [6.07, 6.45) is 1.89. The lowest BCUT2D eigenvalue weighted by Crippen LogP contribution is -2.59. The van der Waals surface area contributed by atoms with E-state index in [0.717, 1.165) is 6.54 Å². The zero-order valence-electron chi connectivity index (χ0n) is 10.0. The molecule has 0 bridgehead atoms. The molecule has 1 N–H and O–H groups in total. The summed E-state index contributed by atoms with van der Waals surface area (Å²) in [7, 11) is 3.43. The standard InChI is InChI=1S/C10H19N3O2S/c1-12(2)10(15)8-6-11-4-5-13(8)9(14)7-16-3/h8,11H,4-7H2,1-3H3. The lowest BCUT2D eigenvalue weighted by atomic mass is 10.1. The molecule has 0 saturated carbocycles. The van der Waals surface area contributed by atoms with Gasteiger partial charge in [-0.2, -0.15) is 11.8 Å². The molecule has 0 aromatic carbocycles. The van der Waals surface area contributed by atoms with Crippen LogP contribution in [0, 0.1) is 0 Å². The Hall–Kier alpha value is -0.750. The normalized spacial score (nSPS) is 20.7. The fourth-order valence-electron chi connectivity index (χ4n) is 1.73. The molecule has 6 heteroatoms. The van der Waals surface area contributed by atoms with Crippen molar-refractivity contribution in [3.8, 4) is 0 Å². The number of hydrogen-bond acceptors (Lipinski definition) is 4. The first-order valence-electron chi connectivity index (χ1n) is 5.28. The molecule has 0 aromatic heterocycles. The predicted molar refractivity (Wildman–Crippen MR) is 65.4 cm³/mol. The number of hydrogen-bond donors (Lipinski definition) is 1. The summed E-state index contributed by atoms with van der Waals surface area (Å²) < 4.78 is 0. The molecule has 0 aliphatic carbocycles. The average Bonchev–Trinajstić information content (AvgIpc) is 2.28. The Bertz CT molecular complexity index is 271. The van der Waals surface area contributed by atoms with Crippen LogP contribution in [0.15, 0.2) is 0 Å². The first-order chi connectivity index (χ1) is 7.57. The van der Waals surface area contributed by atoms with E-state index in [1.54, 1.807) is 19.0 Å². The SMILES string of the molecule is CSCC(=O)N1CCNCC1C(=O)N(C)C. The van der Waals surface area contributed by atoms with Crippen molar-refractivity contribution in [2.45, 2.75) is 6.04 Å². The summed E-state index contributed by atoms with van der Waals surface area (Å²) in [5.74, 6) is 0.480. The first-order valence-corrected chi connectivity index (χ1v) is 6.67. The highest BCUT2D eigenvalue weighted by atomic mass is 32.2. The van der Waals surface area contributed by atoms with E-state index in [-0.39, 0.29) is 17.9 Å². The van der Waals surface area contributed by atoms with Crippen LogP contribution in [0.2, 0.25) is 0 Å². The van der Waals surface area contributed by atoms with Gasteiger partial charge in [0.15, 0.2) is 0 Å². The van der Waals surface area contributed by atoms with Crippen LogP contribution in [0.4, 0.5) is 0 Å². The van der Waals surface area contributed by atoms with Gasteiger partial charge in [0, 0.05) is 33.7 Å². The third-order valence-electron chi connectivity index (χ3n) is 2.56. The zero-order chi connectivity index (χ0) is 12.1. The first kappa shape index (κ1) is 13.3. The van der Waals surface area contributed by atoms with E-state index in [1.165, 1.54) is 16.7 Å². The van der Waals surface area contributed by atoms with Crippen LogP contribution in [0.25, 0.3) is 0 Å². The summed E-state index contributed by atoms with van der Waals surface area (Å²) in [6, 6.07) is -0.344. The Labute approximate surface area is 101 Å². The molecule has 2 amide bonds. The van der Waals surface area contributed by atoms with E-state index in [0.29, 0.717) is 18.8 Å². The molecule has 1 saturated heterocycles. The molecule has 1 aliphatic heterocycles. The van der Waals surface area contributed by atoms with E-state index < -0.39 is 0 Å². The smallest absolute Gasteiger partial charge is 0.246 e. The maximum Gasteiger partial charge on any atom is 0.246 e. The number of thioether (sulfide) groups is 1. The van der Waals surface area contributed by atoms with Crippen LogP contribution in [-0.2, 0) is 9.59 Å². The number of amides is 2. The van der Waals surface area contributed by atoms with Crippen LogP contribution in [0.1, 0.15) is 0 Å². The van der Waals surface area contributed by atoms with Gasteiger partial charge >= 0.3 is 0 Å². The minimum absolute atomic E-state index is 0.0124. The molecule has 1 fully saturated rings. The van der Waals surface area contributed by atoms with E-state index in [2.05, 4.69) is 5.32 Å². The third kappa shape index (κ3) is 3.12. The molecule has 16 heavy (non-hydrogen) atoms. The van der Waals surface area contributed by atoms with E-state index in [4.69, 9.17) is 0 Å². The maximum atomic E-state index is 11.9. The zero-order valence-corrected chi connectivity index (χ0v) is 10.8. The van der Waals surface area contributed by atoms with Crippen LogP contribution >= 0.6 is 11.8 Å². The van der Waals surface area contributed by atoms with Crippen LogP contribution in [-0.4, -0.2) is 73.4 Å². The van der Waals surface area contributed by atoms with Gasteiger partial charge in [0.25, 0.3) is 0 Å². The summed E-state index contributed by atoms with van der Waals surface area (Å²) >= 11 is 1.49. The molecule has 1 aliphatic rings. The molecule has 1 atom stereocenters. The number of rotatable bonds is 3. The monoisotopic (exact) mass is 245 g/mol. The second-order valence-corrected chi connectivity index (χ2v) is 4.84. The van der Waals surface area contributed by atoms with E-state index in [9.17, 15) is 9.59 Å². The fourth-order valence-corrected chi connectivity index (χ4v) is 2.14. The van der Waals surface area contributed by atoms with Gasteiger partial charge in [0.2, 0.25) is 11.8 Å². The predicted octanol–water partition coefficient (Wildman–Crippen LogP) is -0.762. The van der Waals surface area contributed by atoms with E-state index >= 15 is 0 Å². The molecule has 0 aromatic rings. The molecular weight excluding hydrogens is 226 g/mol. The lowest BCUT2D eigenvalue weighted by Gasteiger charge is -2.36. The van der Waals surface area contributed by atoms with Gasteiger partial charge < -0.3 is 15.1 Å². The van der Waals surface area contributed by atoms with Crippen molar-refractivity contribution in [3.05, 3.63) is 0 Å². The Kier molecular flexibility index (Phi) is 5.08. The van der Waals surface area contributed by atoms with Gasteiger partial charge in [-0.3, -0.25) is 9.59 Å². The summed E-state index contributed by atoms with van der Waals surface area (Å²) in [5, 5.41) is 3.15. The number of nitrogens with one attached hydrogen (secondary N) is 1. The summed E-state index contributed by atoms with van der Waals surface area (Å²) in [6.45, 7) is 1.93. The second-order valence-electron chi connectivity index (χ2n) is 3.97. The molecule has 1 rings (SSSR count). The number of carbonyl (C=O) groups is 2. The Morgan fingerprint density at radius 3 is 2.75 bits per heavy atom. The molecule has 92 valence electrons. The minimum atomic E-state index is -0.344. The second kappa shape index (κ2) is 6.10. The average molecular weight is 245 g/mol. The number of nitrogens with zero attached hydrogens (tertiary/aromatic N) is 2. The number of carbonyl (C=O) groups excluding carboxylic acids is 2. The Balaban J connectivity index is 2.71. The van der Waals surface area contributed by atoms with Crippen LogP contribution in [0.3, 0.4) is 0 Å². The lowest BCUT2D eigenvalue weighted by molar-refractivity contribution is -0.143.